The van der Waals surface area contributed by atoms with E-state index in [0.717, 1.165) is 18.6 Å². The number of piperidine rings is 1. The maximum absolute atomic E-state index is 12.7. The standard InChI is InChI=1S/C22H23ClN2O4/c23-17-9-7-15(8-10-17)22(27)25-11-3-4-16(13-25)21(26)24-12-18-14-28-19-5-1-2-6-20(19)29-18/h1-2,5-10,16,18H,3-4,11-14H2,(H,24,26)/t16-,18-/m1/s1. The average Bonchev–Trinajstić information content (AvgIpc) is 2.77. The molecule has 152 valence electrons. The number of likely N-dealkylation sites (tertiary alicyclic amines) is 1. The molecule has 0 bridgehead atoms. The van der Waals surface area contributed by atoms with E-state index >= 15 is 0 Å². The Balaban J connectivity index is 1.30. The van der Waals surface area contributed by atoms with Crippen molar-refractivity contribution >= 4 is 23.4 Å². The van der Waals surface area contributed by atoms with Crippen LogP contribution in [0.3, 0.4) is 0 Å². The number of nitrogens with one attached hydrogen (secondary N) is 1. The number of hydrogen-bond acceptors (Lipinski definition) is 4. The van der Waals surface area contributed by atoms with Crippen LogP contribution in [0.2, 0.25) is 5.02 Å². The molecule has 1 saturated heterocycles. The minimum Gasteiger partial charge on any atom is -0.486 e. The van der Waals surface area contributed by atoms with Crippen molar-refractivity contribution in [3.8, 4) is 11.5 Å². The van der Waals surface area contributed by atoms with Gasteiger partial charge in [-0.2, -0.15) is 0 Å². The quantitative estimate of drug-likeness (QED) is 0.834. The number of carbonyl (C=O) groups excluding carboxylic acids is 2. The summed E-state index contributed by atoms with van der Waals surface area (Å²) in [5, 5.41) is 3.55. The molecule has 2 aliphatic heterocycles. The van der Waals surface area contributed by atoms with Crippen molar-refractivity contribution in [2.24, 2.45) is 5.92 Å². The molecule has 2 aromatic carbocycles. The van der Waals surface area contributed by atoms with Crippen LogP contribution in [-0.4, -0.2) is 49.1 Å². The Morgan fingerprint density at radius 2 is 1.86 bits per heavy atom. The van der Waals surface area contributed by atoms with E-state index in [1.165, 1.54) is 0 Å². The molecule has 2 heterocycles. The van der Waals surface area contributed by atoms with Crippen LogP contribution in [0.5, 0.6) is 11.5 Å². The van der Waals surface area contributed by atoms with Gasteiger partial charge in [-0.25, -0.2) is 0 Å². The first-order valence-electron chi connectivity index (χ1n) is 9.81. The number of halogens is 1. The summed E-state index contributed by atoms with van der Waals surface area (Å²) >= 11 is 5.90. The third-order valence-corrected chi connectivity index (χ3v) is 5.49. The number of fused-ring (bicyclic) bond motifs is 1. The lowest BCUT2D eigenvalue weighted by Gasteiger charge is -2.33. The van der Waals surface area contributed by atoms with E-state index in [4.69, 9.17) is 21.1 Å². The molecule has 1 N–H and O–H groups in total. The third kappa shape index (κ3) is 4.65. The number of carbonyl (C=O) groups is 2. The summed E-state index contributed by atoms with van der Waals surface area (Å²) in [4.78, 5) is 27.1. The van der Waals surface area contributed by atoms with Gasteiger partial charge in [0, 0.05) is 23.7 Å². The van der Waals surface area contributed by atoms with Gasteiger partial charge in [-0.3, -0.25) is 9.59 Å². The third-order valence-electron chi connectivity index (χ3n) is 5.24. The van der Waals surface area contributed by atoms with Gasteiger partial charge in [0.25, 0.3) is 5.91 Å². The van der Waals surface area contributed by atoms with Crippen molar-refractivity contribution in [2.75, 3.05) is 26.2 Å². The van der Waals surface area contributed by atoms with Crippen molar-refractivity contribution < 1.29 is 19.1 Å². The molecule has 0 radical (unpaired) electrons. The van der Waals surface area contributed by atoms with Crippen molar-refractivity contribution in [2.45, 2.75) is 18.9 Å². The first kappa shape index (κ1) is 19.6. The second-order valence-electron chi connectivity index (χ2n) is 7.34. The number of hydrogen-bond donors (Lipinski definition) is 1. The summed E-state index contributed by atoms with van der Waals surface area (Å²) < 4.78 is 11.6. The number of rotatable bonds is 4. The van der Waals surface area contributed by atoms with Crippen molar-refractivity contribution in [3.05, 3.63) is 59.1 Å². The van der Waals surface area contributed by atoms with Gasteiger partial charge in [-0.15, -0.1) is 0 Å². The van der Waals surface area contributed by atoms with E-state index in [1.807, 2.05) is 24.3 Å². The minimum atomic E-state index is -0.232. The number of nitrogens with zero attached hydrogens (tertiary/aromatic N) is 1. The number of benzene rings is 2. The summed E-state index contributed by atoms with van der Waals surface area (Å²) in [5.41, 5.74) is 0.585. The lowest BCUT2D eigenvalue weighted by Crippen LogP contribution is -2.48. The summed E-state index contributed by atoms with van der Waals surface area (Å²) in [5.74, 6) is 1.06. The highest BCUT2D eigenvalue weighted by molar-refractivity contribution is 6.30. The molecule has 29 heavy (non-hydrogen) atoms. The second-order valence-corrected chi connectivity index (χ2v) is 7.78. The van der Waals surface area contributed by atoms with Crippen LogP contribution in [0.25, 0.3) is 0 Å². The fourth-order valence-corrected chi connectivity index (χ4v) is 3.80. The van der Waals surface area contributed by atoms with Gasteiger partial charge in [0.1, 0.15) is 12.7 Å². The van der Waals surface area contributed by atoms with Crippen LogP contribution < -0.4 is 14.8 Å². The number of amides is 2. The number of para-hydroxylation sites is 2. The molecule has 0 saturated carbocycles. The Hall–Kier alpha value is -2.73. The summed E-state index contributed by atoms with van der Waals surface area (Å²) in [6.45, 7) is 1.83. The Morgan fingerprint density at radius 1 is 1.10 bits per heavy atom. The van der Waals surface area contributed by atoms with Crippen LogP contribution in [0.15, 0.2) is 48.5 Å². The SMILES string of the molecule is O=C(NC[C@@H]1COc2ccccc2O1)[C@@H]1CCCN(C(=O)c2ccc(Cl)cc2)C1. The van der Waals surface area contributed by atoms with E-state index in [2.05, 4.69) is 5.32 Å². The van der Waals surface area contributed by atoms with E-state index in [9.17, 15) is 9.59 Å². The number of ether oxygens (including phenoxy) is 2. The Bertz CT molecular complexity index is 887. The Kier molecular flexibility index (Phi) is 5.90. The van der Waals surface area contributed by atoms with Crippen molar-refractivity contribution in [1.82, 2.24) is 10.2 Å². The molecule has 0 aliphatic carbocycles. The molecule has 7 heteroatoms. The molecule has 2 atom stereocenters. The van der Waals surface area contributed by atoms with Gasteiger partial charge in [-0.05, 0) is 49.2 Å². The van der Waals surface area contributed by atoms with E-state index in [0.29, 0.717) is 42.6 Å². The summed E-state index contributed by atoms with van der Waals surface area (Å²) in [6, 6.07) is 14.3. The minimum absolute atomic E-state index is 0.0546. The predicted octanol–water partition coefficient (Wildman–Crippen LogP) is 3.15. The molecule has 6 nitrogen and oxygen atoms in total. The molecule has 2 aromatic rings. The van der Waals surface area contributed by atoms with Crippen LogP contribution in [0.4, 0.5) is 0 Å². The van der Waals surface area contributed by atoms with Crippen LogP contribution in [0, 0.1) is 5.92 Å². The molecule has 1 fully saturated rings. The maximum Gasteiger partial charge on any atom is 0.253 e. The topological polar surface area (TPSA) is 67.9 Å². The molecule has 0 aromatic heterocycles. The van der Waals surface area contributed by atoms with E-state index < -0.39 is 0 Å². The summed E-state index contributed by atoms with van der Waals surface area (Å²) in [7, 11) is 0. The van der Waals surface area contributed by atoms with Gasteiger partial charge in [0.05, 0.1) is 12.5 Å². The zero-order chi connectivity index (χ0) is 20.2. The molecular weight excluding hydrogens is 392 g/mol. The Labute approximate surface area is 174 Å². The lowest BCUT2D eigenvalue weighted by atomic mass is 9.96. The van der Waals surface area contributed by atoms with Crippen LogP contribution >= 0.6 is 11.6 Å². The van der Waals surface area contributed by atoms with Crippen LogP contribution in [-0.2, 0) is 4.79 Å². The van der Waals surface area contributed by atoms with E-state index in [-0.39, 0.29) is 23.8 Å². The van der Waals surface area contributed by atoms with Gasteiger partial charge in [0.15, 0.2) is 11.5 Å². The molecule has 0 unspecified atom stereocenters. The Morgan fingerprint density at radius 3 is 2.66 bits per heavy atom. The zero-order valence-corrected chi connectivity index (χ0v) is 16.7. The maximum atomic E-state index is 12.7. The van der Waals surface area contributed by atoms with Gasteiger partial charge < -0.3 is 19.7 Å². The fraction of sp³-hybridized carbons (Fsp3) is 0.364. The summed E-state index contributed by atoms with van der Waals surface area (Å²) in [6.07, 6.45) is 1.33. The smallest absolute Gasteiger partial charge is 0.253 e. The van der Waals surface area contributed by atoms with Gasteiger partial charge in [-0.1, -0.05) is 23.7 Å². The monoisotopic (exact) mass is 414 g/mol. The molecule has 2 aliphatic rings. The molecule has 2 amide bonds. The largest absolute Gasteiger partial charge is 0.486 e. The fourth-order valence-electron chi connectivity index (χ4n) is 3.67. The van der Waals surface area contributed by atoms with Crippen molar-refractivity contribution in [3.63, 3.8) is 0 Å². The van der Waals surface area contributed by atoms with Gasteiger partial charge >= 0.3 is 0 Å². The van der Waals surface area contributed by atoms with Crippen molar-refractivity contribution in [1.29, 1.82) is 0 Å². The lowest BCUT2D eigenvalue weighted by molar-refractivity contribution is -0.126. The predicted molar refractivity (Wildman–Crippen MR) is 109 cm³/mol. The zero-order valence-electron chi connectivity index (χ0n) is 16.0. The van der Waals surface area contributed by atoms with Gasteiger partial charge in [0.2, 0.25) is 5.91 Å². The molecule has 4 rings (SSSR count). The first-order chi connectivity index (χ1) is 14.1. The average molecular weight is 415 g/mol. The molecule has 0 spiro atoms. The highest BCUT2D eigenvalue weighted by Gasteiger charge is 2.30. The normalized spacial score (nSPS) is 20.8. The first-order valence-corrected chi connectivity index (χ1v) is 10.2. The highest BCUT2D eigenvalue weighted by Crippen LogP contribution is 2.30. The van der Waals surface area contributed by atoms with Crippen LogP contribution in [0.1, 0.15) is 23.2 Å². The second kappa shape index (κ2) is 8.74. The van der Waals surface area contributed by atoms with E-state index in [1.54, 1.807) is 29.2 Å². The highest BCUT2D eigenvalue weighted by atomic mass is 35.5. The molecular formula is C22H23ClN2O4.